The van der Waals surface area contributed by atoms with Gasteiger partial charge in [0.15, 0.2) is 0 Å². The number of fused-ring (bicyclic) bond motifs is 1. The maximum absolute atomic E-state index is 13.1. The van der Waals surface area contributed by atoms with E-state index in [1.807, 2.05) is 26.0 Å². The minimum Gasteiger partial charge on any atom is -0.362 e. The van der Waals surface area contributed by atoms with Gasteiger partial charge in [-0.05, 0) is 99.8 Å². The highest BCUT2D eigenvalue weighted by Crippen LogP contribution is 2.41. The van der Waals surface area contributed by atoms with Crippen LogP contribution in [0.15, 0.2) is 47.4 Å². The largest absolute Gasteiger partial charge is 0.362 e. The van der Waals surface area contributed by atoms with Gasteiger partial charge in [0.05, 0.1) is 10.4 Å². The molecule has 2 aromatic rings. The van der Waals surface area contributed by atoms with Crippen molar-refractivity contribution < 1.29 is 14.4 Å². The summed E-state index contributed by atoms with van der Waals surface area (Å²) in [6, 6.07) is 11.6. The zero-order valence-corrected chi connectivity index (χ0v) is 22.6. The minimum atomic E-state index is -0.442. The number of anilines is 2. The van der Waals surface area contributed by atoms with Crippen molar-refractivity contribution in [3.05, 3.63) is 69.6 Å². The number of carbonyl (C=O) groups excluding carboxylic acids is 3. The molecule has 3 amide bonds. The number of aryl methyl sites for hydroxylation is 2. The Morgan fingerprint density at radius 3 is 2.44 bits per heavy atom. The third-order valence-electron chi connectivity index (χ3n) is 6.61. The predicted octanol–water partition coefficient (Wildman–Crippen LogP) is 6.39. The smallest absolute Gasteiger partial charge is 0.294 e. The molecule has 1 N–H and O–H groups in total. The van der Waals surface area contributed by atoms with Gasteiger partial charge in [-0.25, -0.2) is 0 Å². The van der Waals surface area contributed by atoms with Crippen LogP contribution in [0, 0.1) is 13.8 Å². The van der Waals surface area contributed by atoms with Gasteiger partial charge in [0, 0.05) is 23.5 Å². The van der Waals surface area contributed by atoms with Gasteiger partial charge in [-0.3, -0.25) is 19.3 Å². The van der Waals surface area contributed by atoms with Crippen molar-refractivity contribution in [2.75, 3.05) is 23.3 Å². The Hall–Kier alpha value is -3.32. The Morgan fingerprint density at radius 2 is 1.78 bits per heavy atom. The average Bonchev–Trinajstić information content (AvgIpc) is 3.06. The summed E-state index contributed by atoms with van der Waals surface area (Å²) in [4.78, 5) is 41.9. The summed E-state index contributed by atoms with van der Waals surface area (Å²) in [5.41, 5.74) is 7.07. The van der Waals surface area contributed by atoms with Gasteiger partial charge in [0.2, 0.25) is 5.91 Å². The molecule has 0 saturated carbocycles. The maximum Gasteiger partial charge on any atom is 0.294 e. The summed E-state index contributed by atoms with van der Waals surface area (Å²) < 4.78 is 0. The van der Waals surface area contributed by atoms with Crippen LogP contribution in [0.1, 0.15) is 56.4 Å². The van der Waals surface area contributed by atoms with Crippen molar-refractivity contribution in [3.8, 4) is 0 Å². The fraction of sp³-hybridized carbons (Fsp3) is 0.345. The molecule has 7 heteroatoms. The van der Waals surface area contributed by atoms with Gasteiger partial charge in [-0.2, -0.15) is 0 Å². The molecule has 2 aromatic carbocycles. The zero-order chi connectivity index (χ0) is 26.2. The molecule has 188 valence electrons. The summed E-state index contributed by atoms with van der Waals surface area (Å²) in [7, 11) is 0. The summed E-state index contributed by atoms with van der Waals surface area (Å²) >= 11 is 0.876. The molecule has 0 spiro atoms. The Kier molecular flexibility index (Phi) is 7.14. The van der Waals surface area contributed by atoms with Crippen LogP contribution in [0.25, 0.3) is 11.6 Å². The molecule has 2 aliphatic rings. The lowest BCUT2D eigenvalue weighted by atomic mass is 9.86. The molecule has 2 aliphatic heterocycles. The lowest BCUT2D eigenvalue weighted by molar-refractivity contribution is -0.127. The van der Waals surface area contributed by atoms with E-state index in [2.05, 4.69) is 56.1 Å². The predicted molar refractivity (Wildman–Crippen MR) is 149 cm³/mol. The second kappa shape index (κ2) is 9.97. The highest BCUT2D eigenvalue weighted by atomic mass is 32.2. The minimum absolute atomic E-state index is 0.0805. The third-order valence-corrected chi connectivity index (χ3v) is 7.52. The fourth-order valence-corrected chi connectivity index (χ4v) is 5.62. The number of imide groups is 1. The number of amides is 3. The van der Waals surface area contributed by atoms with E-state index < -0.39 is 17.1 Å². The van der Waals surface area contributed by atoms with Crippen LogP contribution in [-0.2, 0) is 9.59 Å². The summed E-state index contributed by atoms with van der Waals surface area (Å²) in [5.74, 6) is -0.853. The third kappa shape index (κ3) is 5.12. The molecule has 0 aromatic heterocycles. The van der Waals surface area contributed by atoms with Crippen LogP contribution in [0.3, 0.4) is 0 Å². The number of rotatable bonds is 6. The highest BCUT2D eigenvalue weighted by Gasteiger charge is 2.37. The van der Waals surface area contributed by atoms with Crippen molar-refractivity contribution in [1.29, 1.82) is 0 Å². The standard InChI is InChI=1S/C29H33N3O3S/c1-7-12-32-24-13-19(3)21(14-23(24)20(4)16-29(32,5)6)15-25-27(34)31(28(35)36-25)17-26(33)30-22-10-8-18(2)9-11-22/h8-11,13-16H,7,12,17H2,1-6H3,(H,30,33)/b25-15+. The van der Waals surface area contributed by atoms with Crippen LogP contribution in [-0.4, -0.2) is 40.6 Å². The van der Waals surface area contributed by atoms with E-state index in [9.17, 15) is 14.4 Å². The van der Waals surface area contributed by atoms with E-state index in [-0.39, 0.29) is 12.1 Å². The number of nitrogens with zero attached hydrogens (tertiary/aromatic N) is 2. The summed E-state index contributed by atoms with van der Waals surface area (Å²) in [5, 5.41) is 2.31. The second-order valence-corrected chi connectivity index (χ2v) is 11.0. The van der Waals surface area contributed by atoms with Crippen molar-refractivity contribution >= 4 is 51.8 Å². The summed E-state index contributed by atoms with van der Waals surface area (Å²) in [6.45, 7) is 13.4. The normalized spacial score (nSPS) is 17.9. The number of nitrogens with one attached hydrogen (secondary N) is 1. The van der Waals surface area contributed by atoms with E-state index in [0.29, 0.717) is 10.6 Å². The number of thioether (sulfide) groups is 1. The molecule has 1 fully saturated rings. The fourth-order valence-electron chi connectivity index (χ4n) is 4.79. The first kappa shape index (κ1) is 25.8. The van der Waals surface area contributed by atoms with Crippen LogP contribution in [0.2, 0.25) is 0 Å². The molecule has 0 radical (unpaired) electrons. The van der Waals surface area contributed by atoms with Crippen molar-refractivity contribution in [2.24, 2.45) is 0 Å². The Morgan fingerprint density at radius 1 is 1.08 bits per heavy atom. The van der Waals surface area contributed by atoms with Crippen LogP contribution in [0.4, 0.5) is 16.2 Å². The number of hydrogen-bond acceptors (Lipinski definition) is 5. The average molecular weight is 504 g/mol. The molecule has 0 unspecified atom stereocenters. The lowest BCUT2D eigenvalue weighted by Crippen LogP contribution is -2.45. The first-order valence-electron chi connectivity index (χ1n) is 12.2. The number of benzene rings is 2. The molecular weight excluding hydrogens is 470 g/mol. The molecule has 0 atom stereocenters. The van der Waals surface area contributed by atoms with E-state index in [4.69, 9.17) is 0 Å². The SMILES string of the molecule is CCCN1c2cc(C)c(/C=C3/SC(=O)N(CC(=O)Nc4ccc(C)cc4)C3=O)cc2C(C)=CC1(C)C. The number of allylic oxidation sites excluding steroid dienone is 1. The molecule has 4 rings (SSSR count). The number of carbonyl (C=O) groups is 3. The van der Waals surface area contributed by atoms with Gasteiger partial charge in [0.25, 0.3) is 11.1 Å². The topological polar surface area (TPSA) is 69.7 Å². The van der Waals surface area contributed by atoms with Crippen LogP contribution < -0.4 is 10.2 Å². The first-order valence-corrected chi connectivity index (χ1v) is 13.1. The highest BCUT2D eigenvalue weighted by molar-refractivity contribution is 8.18. The van der Waals surface area contributed by atoms with Gasteiger partial charge < -0.3 is 10.2 Å². The maximum atomic E-state index is 13.1. The van der Waals surface area contributed by atoms with Crippen LogP contribution >= 0.6 is 11.8 Å². The monoisotopic (exact) mass is 503 g/mol. The first-order chi connectivity index (χ1) is 17.0. The molecule has 6 nitrogen and oxygen atoms in total. The molecule has 36 heavy (non-hydrogen) atoms. The quantitative estimate of drug-likeness (QED) is 0.463. The van der Waals surface area contributed by atoms with Gasteiger partial charge in [-0.15, -0.1) is 0 Å². The Balaban J connectivity index is 1.57. The van der Waals surface area contributed by atoms with Crippen LogP contribution in [0.5, 0.6) is 0 Å². The molecular formula is C29H33N3O3S. The van der Waals surface area contributed by atoms with E-state index in [1.165, 1.54) is 11.3 Å². The lowest BCUT2D eigenvalue weighted by Gasteiger charge is -2.43. The molecule has 0 bridgehead atoms. The molecule has 2 heterocycles. The van der Waals surface area contributed by atoms with Gasteiger partial charge >= 0.3 is 0 Å². The van der Waals surface area contributed by atoms with Crippen molar-refractivity contribution in [1.82, 2.24) is 4.90 Å². The van der Waals surface area contributed by atoms with E-state index in [0.717, 1.165) is 51.9 Å². The Labute approximate surface area is 217 Å². The number of hydrogen-bond donors (Lipinski definition) is 1. The second-order valence-electron chi connectivity index (χ2n) is 10.0. The zero-order valence-electron chi connectivity index (χ0n) is 21.8. The van der Waals surface area contributed by atoms with Gasteiger partial charge in [-0.1, -0.05) is 30.7 Å². The van der Waals surface area contributed by atoms with E-state index >= 15 is 0 Å². The Bertz CT molecular complexity index is 1290. The van der Waals surface area contributed by atoms with Crippen molar-refractivity contribution in [2.45, 2.75) is 53.5 Å². The van der Waals surface area contributed by atoms with E-state index in [1.54, 1.807) is 18.2 Å². The van der Waals surface area contributed by atoms with Crippen molar-refractivity contribution in [3.63, 3.8) is 0 Å². The molecule has 1 saturated heterocycles. The van der Waals surface area contributed by atoms with Gasteiger partial charge in [0.1, 0.15) is 6.54 Å². The summed E-state index contributed by atoms with van der Waals surface area (Å²) in [6.07, 6.45) is 5.10. The molecule has 0 aliphatic carbocycles.